The Bertz CT molecular complexity index is 1740. The van der Waals surface area contributed by atoms with Gasteiger partial charge < -0.3 is 25.3 Å². The number of likely N-dealkylation sites (N-methyl/N-ethyl adjacent to an activating group) is 1. The molecule has 1 aliphatic rings. The number of ether oxygens (including phenoxy) is 1. The smallest absolute Gasteiger partial charge is 0.416 e. The average Bonchev–Trinajstić information content (AvgIpc) is 3.45. The Morgan fingerprint density at radius 2 is 1.76 bits per heavy atom. The molecule has 10 nitrogen and oxygen atoms in total. The number of carbonyl (C=O) groups excluding carboxylic acids is 3. The van der Waals surface area contributed by atoms with Crippen LogP contribution in [0.2, 0.25) is 0 Å². The lowest BCUT2D eigenvalue weighted by atomic mass is 10.0. The highest BCUT2D eigenvalue weighted by Gasteiger charge is 2.34. The first-order valence-electron chi connectivity index (χ1n) is 14.3. The van der Waals surface area contributed by atoms with Crippen LogP contribution in [0.5, 0.6) is 0 Å². The van der Waals surface area contributed by atoms with E-state index in [1.54, 1.807) is 37.4 Å². The third-order valence-electron chi connectivity index (χ3n) is 7.79. The Kier molecular flexibility index (Phi) is 9.21. The number of aromatic amines is 1. The number of benzene rings is 2. The van der Waals surface area contributed by atoms with E-state index < -0.39 is 29.5 Å². The van der Waals surface area contributed by atoms with Crippen molar-refractivity contribution in [1.29, 1.82) is 0 Å². The molecule has 3 N–H and O–H groups in total. The van der Waals surface area contributed by atoms with Gasteiger partial charge in [-0.25, -0.2) is 9.78 Å². The molecule has 2 aromatic carbocycles. The van der Waals surface area contributed by atoms with Crippen molar-refractivity contribution in [3.63, 3.8) is 0 Å². The number of carbonyl (C=O) groups is 3. The highest BCUT2D eigenvalue weighted by Crippen LogP contribution is 2.34. The normalized spacial score (nSPS) is 14.4. The second kappa shape index (κ2) is 13.1. The monoisotopic (exact) mass is 622 g/mol. The lowest BCUT2D eigenvalue weighted by molar-refractivity contribution is -0.138. The van der Waals surface area contributed by atoms with E-state index in [-0.39, 0.29) is 41.2 Å². The van der Waals surface area contributed by atoms with E-state index in [4.69, 9.17) is 4.74 Å². The number of alkyl halides is 3. The van der Waals surface area contributed by atoms with Crippen molar-refractivity contribution in [2.75, 3.05) is 45.7 Å². The third-order valence-corrected chi connectivity index (χ3v) is 7.79. The van der Waals surface area contributed by atoms with Gasteiger partial charge in [-0.05, 0) is 67.1 Å². The number of anilines is 1. The van der Waals surface area contributed by atoms with E-state index in [2.05, 4.69) is 25.5 Å². The first-order valence-corrected chi connectivity index (χ1v) is 14.3. The summed E-state index contributed by atoms with van der Waals surface area (Å²) in [4.78, 5) is 49.1. The van der Waals surface area contributed by atoms with Gasteiger partial charge in [-0.3, -0.25) is 14.5 Å². The first-order chi connectivity index (χ1) is 21.4. The Balaban J connectivity index is 1.26. The molecule has 0 spiro atoms. The molecular formula is C32H33F3N6O4. The maximum Gasteiger partial charge on any atom is 0.416 e. The van der Waals surface area contributed by atoms with Gasteiger partial charge in [-0.15, -0.1) is 0 Å². The van der Waals surface area contributed by atoms with Gasteiger partial charge in [0, 0.05) is 67.7 Å². The zero-order valence-corrected chi connectivity index (χ0v) is 25.0. The first kappa shape index (κ1) is 31.7. The standard InChI is InChI=1S/C32H33F3N6O4/c1-19-4-7-24(15-25(19)30(43)37-17-20-12-23-14-27(31(44)45-3)39-28(23)36-16-20)38-29(42)21-5-6-22(26(13-21)32(33,34)35)18-41-10-8-40(2)9-11-41/h4-7,12-16H,8-11,17-18H2,1-3H3,(H,36,39)(H,37,43)(H,38,42). The number of hydrogen-bond donors (Lipinski definition) is 3. The molecule has 0 bridgehead atoms. The molecule has 0 radical (unpaired) electrons. The van der Waals surface area contributed by atoms with Crippen LogP contribution in [0.4, 0.5) is 18.9 Å². The Morgan fingerprint density at radius 1 is 1.00 bits per heavy atom. The van der Waals surface area contributed by atoms with Crippen molar-refractivity contribution in [2.45, 2.75) is 26.2 Å². The Hall–Kier alpha value is -4.75. The molecular weight excluding hydrogens is 589 g/mol. The Morgan fingerprint density at radius 3 is 2.47 bits per heavy atom. The van der Waals surface area contributed by atoms with E-state index in [0.717, 1.165) is 19.2 Å². The number of fused-ring (bicyclic) bond motifs is 1. The van der Waals surface area contributed by atoms with Crippen LogP contribution in [-0.2, 0) is 24.0 Å². The number of esters is 1. The number of methoxy groups -OCH3 is 1. The quantitative estimate of drug-likeness (QED) is 0.246. The fraction of sp³-hybridized carbons (Fsp3) is 0.312. The molecule has 45 heavy (non-hydrogen) atoms. The van der Waals surface area contributed by atoms with Crippen LogP contribution in [0.3, 0.4) is 0 Å². The predicted octanol–water partition coefficient (Wildman–Crippen LogP) is 4.61. The van der Waals surface area contributed by atoms with Gasteiger partial charge in [0.1, 0.15) is 11.3 Å². The predicted molar refractivity (Wildman–Crippen MR) is 162 cm³/mol. The van der Waals surface area contributed by atoms with Gasteiger partial charge in [0.25, 0.3) is 11.8 Å². The minimum atomic E-state index is -4.63. The largest absolute Gasteiger partial charge is 0.464 e. The maximum atomic E-state index is 14.0. The number of piperazine rings is 1. The van der Waals surface area contributed by atoms with E-state index >= 15 is 0 Å². The number of nitrogens with zero attached hydrogens (tertiary/aromatic N) is 3. The molecule has 3 heterocycles. The SMILES string of the molecule is COC(=O)c1cc2cc(CNC(=O)c3cc(NC(=O)c4ccc(CN5CCN(C)CC5)c(C(F)(F)F)c4)ccc3C)cnc2[nH]1. The summed E-state index contributed by atoms with van der Waals surface area (Å²) in [5.74, 6) is -1.66. The van der Waals surface area contributed by atoms with Gasteiger partial charge in [-0.1, -0.05) is 12.1 Å². The van der Waals surface area contributed by atoms with Crippen molar-refractivity contribution >= 4 is 34.5 Å². The molecule has 4 aromatic rings. The number of pyridine rings is 1. The van der Waals surface area contributed by atoms with E-state index in [0.29, 0.717) is 35.2 Å². The molecule has 5 rings (SSSR count). The fourth-order valence-electron chi connectivity index (χ4n) is 5.17. The number of aryl methyl sites for hydroxylation is 1. The van der Waals surface area contributed by atoms with Gasteiger partial charge in [-0.2, -0.15) is 13.2 Å². The number of amides is 2. The van der Waals surface area contributed by atoms with Crippen molar-refractivity contribution < 1.29 is 32.3 Å². The summed E-state index contributed by atoms with van der Waals surface area (Å²) in [6.45, 7) is 4.89. The van der Waals surface area contributed by atoms with Gasteiger partial charge in [0.15, 0.2) is 0 Å². The summed E-state index contributed by atoms with van der Waals surface area (Å²) >= 11 is 0. The zero-order valence-electron chi connectivity index (χ0n) is 25.0. The fourth-order valence-corrected chi connectivity index (χ4v) is 5.17. The lowest BCUT2D eigenvalue weighted by Crippen LogP contribution is -2.44. The van der Waals surface area contributed by atoms with Crippen LogP contribution in [0.15, 0.2) is 54.7 Å². The second-order valence-corrected chi connectivity index (χ2v) is 11.1. The molecule has 13 heteroatoms. The summed E-state index contributed by atoms with van der Waals surface area (Å²) < 4.78 is 46.8. The minimum Gasteiger partial charge on any atom is -0.464 e. The van der Waals surface area contributed by atoms with Crippen molar-refractivity contribution in [2.24, 2.45) is 0 Å². The summed E-state index contributed by atoms with van der Waals surface area (Å²) in [5.41, 5.74) is 1.76. The number of rotatable bonds is 8. The number of halogens is 3. The van der Waals surface area contributed by atoms with Gasteiger partial charge in [0.2, 0.25) is 0 Å². The Labute approximate surface area is 257 Å². The summed E-state index contributed by atoms with van der Waals surface area (Å²) in [6, 6.07) is 11.7. The van der Waals surface area contributed by atoms with Crippen LogP contribution >= 0.6 is 0 Å². The highest BCUT2D eigenvalue weighted by molar-refractivity contribution is 6.05. The number of hydrogen-bond acceptors (Lipinski definition) is 7. The van der Waals surface area contributed by atoms with E-state index in [9.17, 15) is 27.6 Å². The van der Waals surface area contributed by atoms with Gasteiger partial charge in [0.05, 0.1) is 12.7 Å². The number of H-pyrrole nitrogens is 1. The molecule has 2 amide bonds. The number of nitrogens with one attached hydrogen (secondary N) is 3. The molecule has 1 aliphatic heterocycles. The topological polar surface area (TPSA) is 120 Å². The van der Waals surface area contributed by atoms with E-state index in [1.165, 1.54) is 25.3 Å². The number of aromatic nitrogens is 2. The summed E-state index contributed by atoms with van der Waals surface area (Å²) in [5, 5.41) is 6.11. The van der Waals surface area contributed by atoms with Crippen LogP contribution in [0, 0.1) is 6.92 Å². The van der Waals surface area contributed by atoms with Crippen LogP contribution in [0.25, 0.3) is 11.0 Å². The molecule has 0 saturated carbocycles. The van der Waals surface area contributed by atoms with Gasteiger partial charge >= 0.3 is 12.1 Å². The summed E-state index contributed by atoms with van der Waals surface area (Å²) in [7, 11) is 3.25. The summed E-state index contributed by atoms with van der Waals surface area (Å²) in [6.07, 6.45) is -3.06. The van der Waals surface area contributed by atoms with Crippen molar-refractivity contribution in [3.05, 3.63) is 93.8 Å². The minimum absolute atomic E-state index is 0.118. The van der Waals surface area contributed by atoms with Crippen molar-refractivity contribution in [3.8, 4) is 0 Å². The molecule has 236 valence electrons. The van der Waals surface area contributed by atoms with Crippen LogP contribution in [-0.4, -0.2) is 77.9 Å². The molecule has 0 atom stereocenters. The van der Waals surface area contributed by atoms with Crippen LogP contribution in [0.1, 0.15) is 53.5 Å². The zero-order chi connectivity index (χ0) is 32.3. The lowest BCUT2D eigenvalue weighted by Gasteiger charge is -2.33. The molecule has 0 aliphatic carbocycles. The third kappa shape index (κ3) is 7.49. The van der Waals surface area contributed by atoms with Crippen LogP contribution < -0.4 is 10.6 Å². The second-order valence-electron chi connectivity index (χ2n) is 11.1. The highest BCUT2D eigenvalue weighted by atomic mass is 19.4. The molecule has 0 unspecified atom stereocenters. The molecule has 1 fully saturated rings. The van der Waals surface area contributed by atoms with E-state index in [1.807, 2.05) is 11.9 Å². The van der Waals surface area contributed by atoms with Crippen molar-refractivity contribution in [1.82, 2.24) is 25.1 Å². The maximum absolute atomic E-state index is 14.0. The average molecular weight is 623 g/mol. The molecule has 2 aromatic heterocycles. The molecule has 1 saturated heterocycles.